The molecule has 1 saturated carbocycles. The number of fused-ring (bicyclic) bond motifs is 1. The molecule has 0 saturated heterocycles. The molecule has 3 rings (SSSR count). The normalized spacial score (nSPS) is 17.0. The molecule has 2 aromatic rings. The third-order valence-electron chi connectivity index (χ3n) is 3.92. The molecule has 1 fully saturated rings. The van der Waals surface area contributed by atoms with E-state index >= 15 is 0 Å². The van der Waals surface area contributed by atoms with Crippen molar-refractivity contribution in [1.29, 1.82) is 0 Å². The summed E-state index contributed by atoms with van der Waals surface area (Å²) in [4.78, 5) is 11.3. The zero-order valence-electron chi connectivity index (χ0n) is 11.3. The lowest BCUT2D eigenvalue weighted by molar-refractivity contribution is 0.461. The van der Waals surface area contributed by atoms with Crippen LogP contribution in [-0.2, 0) is 0 Å². The number of thiophene rings is 1. The second-order valence-corrected chi connectivity index (χ2v) is 6.84. The van der Waals surface area contributed by atoms with Crippen LogP contribution in [0.1, 0.15) is 42.5 Å². The molecule has 0 amide bonds. The molecular weight excluding hydrogens is 278 g/mol. The first-order valence-corrected chi connectivity index (χ1v) is 8.04. The van der Waals surface area contributed by atoms with Crippen molar-refractivity contribution in [3.63, 3.8) is 0 Å². The number of nitrogens with one attached hydrogen (secondary N) is 1. The van der Waals surface area contributed by atoms with Gasteiger partial charge in [0.05, 0.1) is 5.39 Å². The van der Waals surface area contributed by atoms with Gasteiger partial charge in [0.2, 0.25) is 5.95 Å². The zero-order chi connectivity index (χ0) is 13.4. The first kappa shape index (κ1) is 13.1. The van der Waals surface area contributed by atoms with Crippen LogP contribution >= 0.6 is 22.9 Å². The van der Waals surface area contributed by atoms with Crippen LogP contribution < -0.4 is 5.32 Å². The van der Waals surface area contributed by atoms with E-state index in [-0.39, 0.29) is 0 Å². The second-order valence-electron chi connectivity index (χ2n) is 5.28. The lowest BCUT2D eigenvalue weighted by Gasteiger charge is -2.22. The molecule has 1 aliphatic carbocycles. The second kappa shape index (κ2) is 5.25. The van der Waals surface area contributed by atoms with Gasteiger partial charge in [-0.15, -0.1) is 11.3 Å². The van der Waals surface area contributed by atoms with Gasteiger partial charge in [0.15, 0.2) is 0 Å². The summed E-state index contributed by atoms with van der Waals surface area (Å²) in [5, 5.41) is 5.03. The third kappa shape index (κ3) is 2.56. The molecule has 1 N–H and O–H groups in total. The van der Waals surface area contributed by atoms with Gasteiger partial charge in [0.1, 0.15) is 9.98 Å². The third-order valence-corrected chi connectivity index (χ3v) is 5.30. The van der Waals surface area contributed by atoms with Crippen LogP contribution in [-0.4, -0.2) is 16.0 Å². The van der Waals surface area contributed by atoms with Gasteiger partial charge in [-0.1, -0.05) is 30.9 Å². The van der Waals surface area contributed by atoms with Gasteiger partial charge in [-0.25, -0.2) is 9.97 Å². The maximum atomic E-state index is 6.31. The van der Waals surface area contributed by atoms with Crippen LogP contribution in [0.5, 0.6) is 0 Å². The summed E-state index contributed by atoms with van der Waals surface area (Å²) in [6.07, 6.45) is 6.36. The van der Waals surface area contributed by atoms with Crippen LogP contribution in [0.25, 0.3) is 10.2 Å². The molecule has 0 aliphatic heterocycles. The Labute approximate surface area is 122 Å². The lowest BCUT2D eigenvalue weighted by Crippen LogP contribution is -2.23. The number of aryl methyl sites for hydroxylation is 2. The van der Waals surface area contributed by atoms with Crippen LogP contribution in [0, 0.1) is 13.8 Å². The minimum absolute atomic E-state index is 0.504. The Balaban J connectivity index is 1.92. The maximum Gasteiger partial charge on any atom is 0.225 e. The molecule has 2 heterocycles. The minimum Gasteiger partial charge on any atom is -0.351 e. The van der Waals surface area contributed by atoms with Gasteiger partial charge in [0.25, 0.3) is 0 Å². The average molecular weight is 296 g/mol. The number of aromatic nitrogens is 2. The first-order chi connectivity index (χ1) is 9.15. The van der Waals surface area contributed by atoms with Gasteiger partial charge >= 0.3 is 0 Å². The molecule has 2 aromatic heterocycles. The van der Waals surface area contributed by atoms with Crippen molar-refractivity contribution in [3.8, 4) is 0 Å². The predicted molar refractivity (Wildman–Crippen MR) is 82.4 cm³/mol. The summed E-state index contributed by atoms with van der Waals surface area (Å²) in [6, 6.07) is 0.504. The van der Waals surface area contributed by atoms with E-state index in [0.29, 0.717) is 17.1 Å². The number of hydrogen-bond acceptors (Lipinski definition) is 4. The largest absolute Gasteiger partial charge is 0.351 e. The molecule has 0 aromatic carbocycles. The van der Waals surface area contributed by atoms with E-state index in [1.54, 1.807) is 11.3 Å². The highest BCUT2D eigenvalue weighted by atomic mass is 35.5. The standard InChI is InChI=1S/C14H18ClN3S/c1-8-9(2)19-13-11(8)12(15)17-14(18-13)16-10-6-4-3-5-7-10/h10H,3-7H2,1-2H3,(H,16,17,18). The van der Waals surface area contributed by atoms with E-state index in [9.17, 15) is 0 Å². The molecule has 0 unspecified atom stereocenters. The number of anilines is 1. The van der Waals surface area contributed by atoms with Crippen molar-refractivity contribution < 1.29 is 0 Å². The summed E-state index contributed by atoms with van der Waals surface area (Å²) in [5.41, 5.74) is 1.20. The Morgan fingerprint density at radius 3 is 2.63 bits per heavy atom. The Morgan fingerprint density at radius 2 is 1.89 bits per heavy atom. The molecule has 0 spiro atoms. The molecule has 0 atom stereocenters. The van der Waals surface area contributed by atoms with Gasteiger partial charge in [0, 0.05) is 10.9 Å². The molecule has 1 aliphatic rings. The number of halogens is 1. The van der Waals surface area contributed by atoms with E-state index in [0.717, 1.165) is 10.2 Å². The Hall–Kier alpha value is -0.870. The van der Waals surface area contributed by atoms with Crippen molar-refractivity contribution in [2.24, 2.45) is 0 Å². The molecule has 19 heavy (non-hydrogen) atoms. The monoisotopic (exact) mass is 295 g/mol. The summed E-state index contributed by atoms with van der Waals surface area (Å²) in [7, 11) is 0. The Morgan fingerprint density at radius 1 is 1.16 bits per heavy atom. The average Bonchev–Trinajstić information content (AvgIpc) is 2.66. The van der Waals surface area contributed by atoms with Crippen LogP contribution in [0.2, 0.25) is 5.15 Å². The lowest BCUT2D eigenvalue weighted by atomic mass is 9.96. The Bertz CT molecular complexity index is 602. The molecule has 102 valence electrons. The smallest absolute Gasteiger partial charge is 0.225 e. The first-order valence-electron chi connectivity index (χ1n) is 6.85. The Kier molecular flexibility index (Phi) is 3.63. The number of nitrogens with zero attached hydrogens (tertiary/aromatic N) is 2. The highest BCUT2D eigenvalue weighted by molar-refractivity contribution is 7.18. The van der Waals surface area contributed by atoms with E-state index in [4.69, 9.17) is 11.6 Å². The summed E-state index contributed by atoms with van der Waals surface area (Å²) < 4.78 is 0. The van der Waals surface area contributed by atoms with Crippen LogP contribution in [0.4, 0.5) is 5.95 Å². The van der Waals surface area contributed by atoms with E-state index in [1.807, 2.05) is 0 Å². The van der Waals surface area contributed by atoms with Crippen molar-refractivity contribution >= 4 is 39.1 Å². The van der Waals surface area contributed by atoms with Crippen molar-refractivity contribution in [1.82, 2.24) is 9.97 Å². The maximum absolute atomic E-state index is 6.31. The highest BCUT2D eigenvalue weighted by Gasteiger charge is 2.17. The molecule has 0 bridgehead atoms. The summed E-state index contributed by atoms with van der Waals surface area (Å²) in [5.74, 6) is 0.686. The van der Waals surface area contributed by atoms with E-state index in [2.05, 4.69) is 29.1 Å². The number of rotatable bonds is 2. The number of hydrogen-bond donors (Lipinski definition) is 1. The highest BCUT2D eigenvalue weighted by Crippen LogP contribution is 2.34. The van der Waals surface area contributed by atoms with Gasteiger partial charge < -0.3 is 5.32 Å². The molecule has 3 nitrogen and oxygen atoms in total. The van der Waals surface area contributed by atoms with E-state index in [1.165, 1.54) is 42.5 Å². The SMILES string of the molecule is Cc1sc2nc(NC3CCCCC3)nc(Cl)c2c1C. The molecule has 5 heteroatoms. The fraction of sp³-hybridized carbons (Fsp3) is 0.571. The van der Waals surface area contributed by atoms with Gasteiger partial charge in [-0.05, 0) is 32.3 Å². The molecule has 0 radical (unpaired) electrons. The molecular formula is C14H18ClN3S. The van der Waals surface area contributed by atoms with E-state index < -0.39 is 0 Å². The summed E-state index contributed by atoms with van der Waals surface area (Å²) >= 11 is 8.01. The van der Waals surface area contributed by atoms with Crippen LogP contribution in [0.15, 0.2) is 0 Å². The van der Waals surface area contributed by atoms with Crippen molar-refractivity contribution in [3.05, 3.63) is 15.6 Å². The van der Waals surface area contributed by atoms with Gasteiger partial charge in [-0.2, -0.15) is 0 Å². The quantitative estimate of drug-likeness (QED) is 0.816. The summed E-state index contributed by atoms with van der Waals surface area (Å²) in [6.45, 7) is 4.18. The zero-order valence-corrected chi connectivity index (χ0v) is 12.9. The van der Waals surface area contributed by atoms with Crippen molar-refractivity contribution in [2.75, 3.05) is 5.32 Å². The fourth-order valence-electron chi connectivity index (χ4n) is 2.69. The van der Waals surface area contributed by atoms with Crippen molar-refractivity contribution in [2.45, 2.75) is 52.0 Å². The minimum atomic E-state index is 0.504. The van der Waals surface area contributed by atoms with Gasteiger partial charge in [-0.3, -0.25) is 0 Å². The van der Waals surface area contributed by atoms with Crippen LogP contribution in [0.3, 0.4) is 0 Å². The predicted octanol–water partition coefficient (Wildman–Crippen LogP) is 4.71. The topological polar surface area (TPSA) is 37.8 Å². The fourth-order valence-corrected chi connectivity index (χ4v) is 4.09.